The number of hydrogen-bond acceptors (Lipinski definition) is 8. The smallest absolute Gasteiger partial charge is 0.317 e. The van der Waals surface area contributed by atoms with Gasteiger partial charge in [-0.15, -0.1) is 11.3 Å². The lowest BCUT2D eigenvalue weighted by atomic mass is 10.2. The molecule has 2 aromatic heterocycles. The van der Waals surface area contributed by atoms with Crippen molar-refractivity contribution in [2.24, 2.45) is 0 Å². The maximum atomic E-state index is 12.1. The van der Waals surface area contributed by atoms with Gasteiger partial charge in [0.05, 0.1) is 17.4 Å². The van der Waals surface area contributed by atoms with Crippen LogP contribution < -0.4 is 5.32 Å². The van der Waals surface area contributed by atoms with Crippen molar-refractivity contribution in [1.29, 1.82) is 5.26 Å². The van der Waals surface area contributed by atoms with Crippen LogP contribution in [0.3, 0.4) is 0 Å². The second-order valence-corrected chi connectivity index (χ2v) is 7.28. The number of carbonyl (C=O) groups excluding carboxylic acids is 2. The molecule has 0 aliphatic carbocycles. The predicted octanol–water partition coefficient (Wildman–Crippen LogP) is 3.23. The van der Waals surface area contributed by atoms with E-state index in [1.54, 1.807) is 24.3 Å². The molecule has 0 aliphatic rings. The summed E-state index contributed by atoms with van der Waals surface area (Å²) < 4.78 is 5.18. The van der Waals surface area contributed by atoms with E-state index in [1.165, 1.54) is 36.3 Å². The molecule has 0 aliphatic heterocycles. The molecule has 0 unspecified atom stereocenters. The zero-order chi connectivity index (χ0) is 19.2. The van der Waals surface area contributed by atoms with E-state index in [4.69, 9.17) is 10.00 Å². The highest BCUT2D eigenvalue weighted by atomic mass is 32.2. The summed E-state index contributed by atoms with van der Waals surface area (Å²) in [6, 6.07) is 10.3. The fraction of sp³-hybridized carbons (Fsp3) is 0.167. The topological polar surface area (TPSA) is 105 Å². The Bertz CT molecular complexity index is 1010. The first-order valence-electron chi connectivity index (χ1n) is 7.88. The molecule has 0 bridgehead atoms. The van der Waals surface area contributed by atoms with Crippen LogP contribution in [0.5, 0.6) is 0 Å². The van der Waals surface area contributed by atoms with Crippen molar-refractivity contribution in [2.45, 2.75) is 18.1 Å². The molecule has 27 heavy (non-hydrogen) atoms. The highest BCUT2D eigenvalue weighted by Crippen LogP contribution is 2.27. The summed E-state index contributed by atoms with van der Waals surface area (Å²) in [4.78, 5) is 33.4. The Labute approximate surface area is 163 Å². The molecule has 1 aromatic carbocycles. The van der Waals surface area contributed by atoms with Gasteiger partial charge in [-0.2, -0.15) is 5.26 Å². The van der Waals surface area contributed by atoms with E-state index in [-0.39, 0.29) is 5.75 Å². The van der Waals surface area contributed by atoms with Crippen LogP contribution in [-0.4, -0.2) is 33.7 Å². The van der Waals surface area contributed by atoms with Crippen LogP contribution >= 0.6 is 23.1 Å². The molecular weight excluding hydrogens is 384 g/mol. The molecule has 0 saturated heterocycles. The highest BCUT2D eigenvalue weighted by Gasteiger charge is 2.18. The third-order valence-corrected chi connectivity index (χ3v) is 5.31. The quantitative estimate of drug-likeness (QED) is 0.386. The predicted molar refractivity (Wildman–Crippen MR) is 103 cm³/mol. The molecule has 9 heteroatoms. The summed E-state index contributed by atoms with van der Waals surface area (Å²) in [5, 5.41) is 14.9. The number of anilines is 1. The molecule has 1 N–H and O–H groups in total. The molecule has 1 amide bonds. The van der Waals surface area contributed by atoms with E-state index in [9.17, 15) is 9.59 Å². The molecule has 2 heterocycles. The van der Waals surface area contributed by atoms with Crippen molar-refractivity contribution >= 4 is 50.9 Å². The van der Waals surface area contributed by atoms with E-state index in [1.807, 2.05) is 17.5 Å². The van der Waals surface area contributed by atoms with E-state index in [0.29, 0.717) is 16.3 Å². The second kappa shape index (κ2) is 8.62. The number of nitrogens with one attached hydrogen (secondary N) is 1. The molecular formula is C18H14N4O3S2. The number of hydrogen-bond donors (Lipinski definition) is 1. The van der Waals surface area contributed by atoms with E-state index >= 15 is 0 Å². The number of thiophene rings is 1. The number of carbonyl (C=O) groups is 2. The lowest BCUT2D eigenvalue weighted by Gasteiger charge is -2.13. The van der Waals surface area contributed by atoms with Crippen LogP contribution in [0.15, 0.2) is 47.1 Å². The van der Waals surface area contributed by atoms with Gasteiger partial charge in [0.1, 0.15) is 16.2 Å². The number of esters is 1. The van der Waals surface area contributed by atoms with Crippen molar-refractivity contribution in [2.75, 3.05) is 11.1 Å². The van der Waals surface area contributed by atoms with Gasteiger partial charge in [-0.05, 0) is 42.6 Å². The van der Waals surface area contributed by atoms with Crippen LogP contribution in [0.2, 0.25) is 0 Å². The van der Waals surface area contributed by atoms with Gasteiger partial charge >= 0.3 is 5.97 Å². The Hall–Kier alpha value is -2.96. The first-order chi connectivity index (χ1) is 13.1. The molecule has 3 aromatic rings. The number of thioether (sulfide) groups is 1. The number of benzene rings is 1. The summed E-state index contributed by atoms with van der Waals surface area (Å²) >= 11 is 2.75. The lowest BCUT2D eigenvalue weighted by molar-refractivity contribution is -0.150. The van der Waals surface area contributed by atoms with Crippen LogP contribution in [0.1, 0.15) is 12.5 Å². The summed E-state index contributed by atoms with van der Waals surface area (Å²) in [7, 11) is 0. The third kappa shape index (κ3) is 4.81. The fourth-order valence-corrected chi connectivity index (χ4v) is 3.73. The minimum atomic E-state index is -0.944. The number of nitrogens with zero attached hydrogens (tertiary/aromatic N) is 3. The molecule has 3 rings (SSSR count). The number of nitriles is 1. The Morgan fingerprint density at radius 2 is 2.07 bits per heavy atom. The third-order valence-electron chi connectivity index (χ3n) is 3.51. The molecule has 0 spiro atoms. The van der Waals surface area contributed by atoms with Gasteiger partial charge in [-0.25, -0.2) is 9.97 Å². The van der Waals surface area contributed by atoms with Gasteiger partial charge in [0.25, 0.3) is 5.91 Å². The van der Waals surface area contributed by atoms with Gasteiger partial charge in [-0.1, -0.05) is 11.8 Å². The lowest BCUT2D eigenvalue weighted by Crippen LogP contribution is -2.30. The maximum Gasteiger partial charge on any atom is 0.317 e. The SMILES string of the molecule is C[C@H](OC(=O)CSc1ncnc2sccc12)C(=O)Nc1ccc(C#N)cc1. The summed E-state index contributed by atoms with van der Waals surface area (Å²) in [6.07, 6.45) is 0.514. The van der Waals surface area contributed by atoms with Gasteiger partial charge in [0.15, 0.2) is 6.10 Å². The number of ether oxygens (including phenoxy) is 1. The van der Waals surface area contributed by atoms with E-state index < -0.39 is 18.0 Å². The number of aromatic nitrogens is 2. The zero-order valence-electron chi connectivity index (χ0n) is 14.2. The van der Waals surface area contributed by atoms with Crippen molar-refractivity contribution in [3.05, 3.63) is 47.6 Å². The molecule has 0 radical (unpaired) electrons. The van der Waals surface area contributed by atoms with Crippen LogP contribution in [-0.2, 0) is 14.3 Å². The minimum absolute atomic E-state index is 0.0381. The van der Waals surface area contributed by atoms with Crippen molar-refractivity contribution < 1.29 is 14.3 Å². The summed E-state index contributed by atoms with van der Waals surface area (Å²) in [5.74, 6) is -0.916. The maximum absolute atomic E-state index is 12.1. The zero-order valence-corrected chi connectivity index (χ0v) is 15.8. The fourth-order valence-electron chi connectivity index (χ4n) is 2.17. The molecule has 7 nitrogen and oxygen atoms in total. The van der Waals surface area contributed by atoms with Crippen LogP contribution in [0, 0.1) is 11.3 Å². The first kappa shape index (κ1) is 18.8. The largest absolute Gasteiger partial charge is 0.452 e. The second-order valence-electron chi connectivity index (χ2n) is 5.42. The van der Waals surface area contributed by atoms with E-state index in [0.717, 1.165) is 10.2 Å². The average molecular weight is 398 g/mol. The Morgan fingerprint density at radius 1 is 1.30 bits per heavy atom. The molecule has 0 saturated carbocycles. The van der Waals surface area contributed by atoms with Gasteiger partial charge in [-0.3, -0.25) is 9.59 Å². The highest BCUT2D eigenvalue weighted by molar-refractivity contribution is 8.00. The standard InChI is InChI=1S/C18H14N4O3S2/c1-11(16(24)22-13-4-2-12(8-19)3-5-13)25-15(23)9-27-18-14-6-7-26-17(14)20-10-21-18/h2-7,10-11H,9H2,1H3,(H,22,24)/t11-/m0/s1. The van der Waals surface area contributed by atoms with Crippen molar-refractivity contribution in [1.82, 2.24) is 9.97 Å². The van der Waals surface area contributed by atoms with Crippen LogP contribution in [0.25, 0.3) is 10.2 Å². The van der Waals surface area contributed by atoms with Crippen molar-refractivity contribution in [3.8, 4) is 6.07 Å². The molecule has 1 atom stereocenters. The molecule has 136 valence electrons. The summed E-state index contributed by atoms with van der Waals surface area (Å²) in [6.45, 7) is 1.50. The Morgan fingerprint density at radius 3 is 2.81 bits per heavy atom. The van der Waals surface area contributed by atoms with Crippen LogP contribution in [0.4, 0.5) is 5.69 Å². The minimum Gasteiger partial charge on any atom is -0.452 e. The number of amides is 1. The number of rotatable bonds is 6. The van der Waals surface area contributed by atoms with Gasteiger partial charge in [0.2, 0.25) is 0 Å². The Balaban J connectivity index is 1.51. The molecule has 0 fully saturated rings. The Kier molecular flexibility index (Phi) is 6.01. The number of fused-ring (bicyclic) bond motifs is 1. The van der Waals surface area contributed by atoms with E-state index in [2.05, 4.69) is 15.3 Å². The van der Waals surface area contributed by atoms with Crippen molar-refractivity contribution in [3.63, 3.8) is 0 Å². The average Bonchev–Trinajstić information content (AvgIpc) is 3.16. The monoisotopic (exact) mass is 398 g/mol. The van der Waals surface area contributed by atoms with Gasteiger partial charge < -0.3 is 10.1 Å². The summed E-state index contributed by atoms with van der Waals surface area (Å²) in [5.41, 5.74) is 1.02. The normalized spacial score (nSPS) is 11.6. The first-order valence-corrected chi connectivity index (χ1v) is 9.75. The van der Waals surface area contributed by atoms with Gasteiger partial charge in [0, 0.05) is 11.1 Å².